The van der Waals surface area contributed by atoms with E-state index in [4.69, 9.17) is 42.1 Å². The summed E-state index contributed by atoms with van der Waals surface area (Å²) >= 11 is 13.0. The number of aromatic nitrogens is 1. The van der Waals surface area contributed by atoms with Crippen molar-refractivity contribution in [1.82, 2.24) is 14.6 Å². The Labute approximate surface area is 407 Å². The molecule has 8 rings (SSSR count). The number of ether oxygens (including phenoxy) is 4. The molecule has 2 aliphatic heterocycles. The number of nitriles is 1. The van der Waals surface area contributed by atoms with Crippen LogP contribution in [0.1, 0.15) is 59.0 Å². The summed E-state index contributed by atoms with van der Waals surface area (Å²) in [6, 6.07) is 30.3. The van der Waals surface area contributed by atoms with Crippen molar-refractivity contribution in [2.24, 2.45) is 5.92 Å². The van der Waals surface area contributed by atoms with E-state index >= 15 is 0 Å². The summed E-state index contributed by atoms with van der Waals surface area (Å²) in [6.45, 7) is 5.16. The lowest BCUT2D eigenvalue weighted by Crippen LogP contribution is -2.56. The molecule has 2 aliphatic rings. The van der Waals surface area contributed by atoms with E-state index in [-0.39, 0.29) is 59.5 Å². The van der Waals surface area contributed by atoms with Crippen molar-refractivity contribution in [1.29, 1.82) is 5.26 Å². The predicted molar refractivity (Wildman–Crippen MR) is 257 cm³/mol. The number of anilines is 1. The lowest BCUT2D eigenvalue weighted by Gasteiger charge is -2.36. The molecule has 0 radical (unpaired) electrons. The molecule has 3 atom stereocenters. The quantitative estimate of drug-likeness (QED) is 0.0993. The van der Waals surface area contributed by atoms with Crippen molar-refractivity contribution < 1.29 is 41.7 Å². The maximum Gasteiger partial charge on any atom is 0.328 e. The van der Waals surface area contributed by atoms with Crippen LogP contribution in [-0.2, 0) is 55.1 Å². The van der Waals surface area contributed by atoms with E-state index < -0.39 is 40.1 Å². The molecule has 0 saturated heterocycles. The van der Waals surface area contributed by atoms with Gasteiger partial charge in [0.2, 0.25) is 11.8 Å². The molecule has 350 valence electrons. The summed E-state index contributed by atoms with van der Waals surface area (Å²) < 4.78 is 54.4. The fourth-order valence-corrected chi connectivity index (χ4v) is 11.2. The lowest BCUT2D eigenvalue weighted by atomic mass is 9.93. The third kappa shape index (κ3) is 10.6. The first-order valence-corrected chi connectivity index (χ1v) is 24.5. The number of halogens is 2. The summed E-state index contributed by atoms with van der Waals surface area (Å²) in [4.78, 5) is 44.8. The van der Waals surface area contributed by atoms with Crippen molar-refractivity contribution in [2.45, 2.75) is 69.2 Å². The Balaban J connectivity index is 1.04. The largest absolute Gasteiger partial charge is 0.489 e. The van der Waals surface area contributed by atoms with Crippen LogP contribution in [0.15, 0.2) is 107 Å². The average molecular weight is 995 g/mol. The number of rotatable bonds is 14. The van der Waals surface area contributed by atoms with Crippen molar-refractivity contribution in [3.8, 4) is 34.4 Å². The Hall–Kier alpha value is -6.48. The summed E-state index contributed by atoms with van der Waals surface area (Å²) in [6.07, 6.45) is -0.538. The molecule has 1 unspecified atom stereocenters. The highest BCUT2D eigenvalue weighted by Gasteiger charge is 2.43. The topological polar surface area (TPSA) is 186 Å². The fourth-order valence-electron chi connectivity index (χ4n) is 7.78. The van der Waals surface area contributed by atoms with Crippen molar-refractivity contribution in [2.75, 3.05) is 19.0 Å². The van der Waals surface area contributed by atoms with E-state index in [2.05, 4.69) is 21.7 Å². The molecular weight excluding hydrogens is 950 g/mol. The standard InChI is InChI=1S/C50H45Cl2N5O9S2/c1-28(2)46(58)56-50-54-29(3)49(67-50)68(61,62)57-25-37-23-44-43(65-27-45(66-44)35-14-16-38(17-15-35)64-26-32-9-18-39(51)40(52)19-32)22-36(37)21-42(57)47(59)55-41(48(60)63-4)20-30-5-10-33(11-6-30)34-12-7-31(24-53)8-13-34/h5-19,22-23,28,41-42,45H,20-21,25-27H2,1-4H3,(H,55,59)(H,54,56,58)/t41?,42-,45+/m0/s1. The van der Waals surface area contributed by atoms with Gasteiger partial charge >= 0.3 is 5.97 Å². The SMILES string of the molecule is COC(=O)C(Cc1ccc(-c2ccc(C#N)cc2)cc1)NC(=O)[C@@H]1Cc2cc3c(cc2CN1S(=O)(=O)c1sc(NC(=O)C(C)C)nc1C)O[C@@H](c1ccc(OCc2ccc(Cl)c(Cl)c2)cc1)CO3. The second-order valence-corrected chi connectivity index (χ2v) is 20.5. The van der Waals surface area contributed by atoms with Gasteiger partial charge in [0.05, 0.1) is 34.5 Å². The van der Waals surface area contributed by atoms with E-state index in [9.17, 15) is 28.1 Å². The van der Waals surface area contributed by atoms with Gasteiger partial charge in [-0.25, -0.2) is 18.2 Å². The first-order chi connectivity index (χ1) is 32.6. The highest BCUT2D eigenvalue weighted by Crippen LogP contribution is 2.43. The molecule has 0 saturated carbocycles. The van der Waals surface area contributed by atoms with Crippen molar-refractivity contribution >= 4 is 67.5 Å². The molecule has 18 heteroatoms. The zero-order valence-electron chi connectivity index (χ0n) is 37.2. The van der Waals surface area contributed by atoms with Crippen molar-refractivity contribution in [3.05, 3.63) is 152 Å². The summed E-state index contributed by atoms with van der Waals surface area (Å²) in [5.41, 5.74) is 6.08. The van der Waals surface area contributed by atoms with Gasteiger partial charge in [-0.2, -0.15) is 9.57 Å². The molecule has 3 heterocycles. The van der Waals surface area contributed by atoms with Gasteiger partial charge in [-0.05, 0) is 101 Å². The number of hydrogen-bond acceptors (Lipinski definition) is 12. The minimum Gasteiger partial charge on any atom is -0.489 e. The first-order valence-electron chi connectivity index (χ1n) is 21.5. The van der Waals surface area contributed by atoms with E-state index in [0.29, 0.717) is 49.5 Å². The van der Waals surface area contributed by atoms with Gasteiger partial charge in [-0.1, -0.05) is 103 Å². The average Bonchev–Trinajstić information content (AvgIpc) is 3.72. The number of carbonyl (C=O) groups excluding carboxylic acids is 3. The Bertz CT molecular complexity index is 3030. The van der Waals surface area contributed by atoms with E-state index in [1.807, 2.05) is 66.7 Å². The van der Waals surface area contributed by atoms with Crippen LogP contribution in [0.25, 0.3) is 11.1 Å². The number of nitrogens with zero attached hydrogens (tertiary/aromatic N) is 3. The van der Waals surface area contributed by atoms with Crippen molar-refractivity contribution in [3.63, 3.8) is 0 Å². The summed E-state index contributed by atoms with van der Waals surface area (Å²) in [7, 11) is -3.27. The number of fused-ring (bicyclic) bond motifs is 2. The number of methoxy groups -OCH3 is 1. The predicted octanol–water partition coefficient (Wildman–Crippen LogP) is 9.00. The van der Waals surface area contributed by atoms with Gasteiger partial charge in [-0.3, -0.25) is 9.59 Å². The molecule has 68 heavy (non-hydrogen) atoms. The van der Waals surface area contributed by atoms with Crippen LogP contribution >= 0.6 is 34.5 Å². The number of aryl methyl sites for hydroxylation is 1. The van der Waals surface area contributed by atoms with Crippen LogP contribution in [-0.4, -0.2) is 61.3 Å². The number of nitrogens with one attached hydrogen (secondary N) is 2. The maximum atomic E-state index is 14.8. The van der Waals surface area contributed by atoms with Gasteiger partial charge < -0.3 is 29.6 Å². The molecule has 6 aromatic rings. The zero-order chi connectivity index (χ0) is 48.3. The number of sulfonamides is 1. The van der Waals surface area contributed by atoms with Crippen LogP contribution in [0.2, 0.25) is 10.0 Å². The number of thiazole rings is 1. The molecule has 0 spiro atoms. The Morgan fingerprint density at radius 2 is 1.59 bits per heavy atom. The second-order valence-electron chi connectivity index (χ2n) is 16.6. The molecule has 2 N–H and O–H groups in total. The van der Waals surface area contributed by atoms with Gasteiger partial charge in [0, 0.05) is 18.9 Å². The van der Waals surface area contributed by atoms with E-state index in [0.717, 1.165) is 37.9 Å². The second kappa shape index (κ2) is 20.4. The zero-order valence-corrected chi connectivity index (χ0v) is 40.4. The smallest absolute Gasteiger partial charge is 0.328 e. The van der Waals surface area contributed by atoms with Crippen LogP contribution in [0.5, 0.6) is 17.2 Å². The Kier molecular flexibility index (Phi) is 14.4. The van der Waals surface area contributed by atoms with Gasteiger partial charge in [0.15, 0.2) is 26.9 Å². The summed E-state index contributed by atoms with van der Waals surface area (Å²) in [5, 5.41) is 15.7. The van der Waals surface area contributed by atoms with Gasteiger partial charge in [0.25, 0.3) is 10.0 Å². The molecule has 1 aromatic heterocycles. The highest BCUT2D eigenvalue weighted by atomic mass is 35.5. The van der Waals surface area contributed by atoms with Crippen LogP contribution in [0, 0.1) is 24.2 Å². The fraction of sp³-hybridized carbons (Fsp3) is 0.260. The molecule has 0 bridgehead atoms. The molecule has 0 aliphatic carbocycles. The molecule has 0 fully saturated rings. The van der Waals surface area contributed by atoms with Gasteiger partial charge in [0.1, 0.15) is 31.0 Å². The molecule has 2 amide bonds. The monoisotopic (exact) mass is 993 g/mol. The van der Waals surface area contributed by atoms with E-state index in [1.54, 1.807) is 50.2 Å². The van der Waals surface area contributed by atoms with Crippen LogP contribution in [0.3, 0.4) is 0 Å². The molecule has 14 nitrogen and oxygen atoms in total. The minimum absolute atomic E-state index is 0.0450. The number of esters is 1. The lowest BCUT2D eigenvalue weighted by molar-refractivity contribution is -0.145. The van der Waals surface area contributed by atoms with Crippen LogP contribution in [0.4, 0.5) is 5.13 Å². The molecular formula is C50H45Cl2N5O9S2. The number of hydrogen-bond donors (Lipinski definition) is 2. The third-order valence-electron chi connectivity index (χ3n) is 11.6. The first kappa shape index (κ1) is 48.0. The highest BCUT2D eigenvalue weighted by molar-refractivity contribution is 7.91. The number of benzene rings is 5. The Morgan fingerprint density at radius 1 is 0.912 bits per heavy atom. The van der Waals surface area contributed by atoms with E-state index in [1.165, 1.54) is 14.0 Å². The van der Waals surface area contributed by atoms with Crippen LogP contribution < -0.4 is 24.8 Å². The normalized spacial score (nSPS) is 16.0. The molecule has 5 aromatic carbocycles. The number of amides is 2. The Morgan fingerprint density at radius 3 is 2.25 bits per heavy atom. The maximum absolute atomic E-state index is 14.8. The van der Waals surface area contributed by atoms with Gasteiger partial charge in [-0.15, -0.1) is 0 Å². The minimum atomic E-state index is -4.48. The third-order valence-corrected chi connectivity index (χ3v) is 15.8. The number of carbonyl (C=O) groups is 3. The summed E-state index contributed by atoms with van der Waals surface area (Å²) in [5.74, 6) is -0.711.